The average Bonchev–Trinajstić information content (AvgIpc) is 2.27. The van der Waals surface area contributed by atoms with E-state index >= 15 is 0 Å². The number of nitrogens with one attached hydrogen (secondary N) is 1. The molecule has 0 heterocycles. The highest BCUT2D eigenvalue weighted by molar-refractivity contribution is 5.53. The maximum atomic E-state index is 10.7. The normalized spacial score (nSPS) is 10.7. The van der Waals surface area contributed by atoms with Crippen molar-refractivity contribution in [3.05, 3.63) is 33.9 Å². The van der Waals surface area contributed by atoms with Gasteiger partial charge in [0.1, 0.15) is 0 Å². The highest BCUT2D eigenvalue weighted by Crippen LogP contribution is 2.20. The zero-order chi connectivity index (χ0) is 13.5. The fraction of sp³-hybridized carbons (Fsp3) is 0.538. The van der Waals surface area contributed by atoms with Crippen LogP contribution in [0, 0.1) is 17.0 Å². The first-order valence-electron chi connectivity index (χ1n) is 6.14. The smallest absolute Gasteiger partial charge is 0.271 e. The fourth-order valence-corrected chi connectivity index (χ4v) is 1.76. The summed E-state index contributed by atoms with van der Waals surface area (Å²) < 4.78 is 0. The predicted octanol–water partition coefficient (Wildman–Crippen LogP) is 2.66. The molecule has 0 spiro atoms. The molecular formula is C13H21N3O2. The van der Waals surface area contributed by atoms with Crippen molar-refractivity contribution in [1.29, 1.82) is 0 Å². The van der Waals surface area contributed by atoms with Crippen molar-refractivity contribution in [3.63, 3.8) is 0 Å². The summed E-state index contributed by atoms with van der Waals surface area (Å²) in [6, 6.07) is 5.09. The van der Waals surface area contributed by atoms with Crippen molar-refractivity contribution in [2.75, 3.05) is 32.5 Å². The van der Waals surface area contributed by atoms with Crippen LogP contribution in [0.2, 0.25) is 0 Å². The van der Waals surface area contributed by atoms with E-state index in [1.54, 1.807) is 12.1 Å². The Labute approximate surface area is 108 Å². The van der Waals surface area contributed by atoms with Crippen molar-refractivity contribution in [2.45, 2.75) is 19.8 Å². The molecule has 0 saturated heterocycles. The van der Waals surface area contributed by atoms with Crippen molar-refractivity contribution in [1.82, 2.24) is 4.90 Å². The van der Waals surface area contributed by atoms with Crippen LogP contribution in [0.1, 0.15) is 18.4 Å². The first-order chi connectivity index (χ1) is 8.49. The van der Waals surface area contributed by atoms with E-state index in [0.717, 1.165) is 37.2 Å². The molecule has 1 rings (SSSR count). The quantitative estimate of drug-likeness (QED) is 0.460. The van der Waals surface area contributed by atoms with Crippen LogP contribution in [0.25, 0.3) is 0 Å². The Morgan fingerprint density at radius 2 is 2.00 bits per heavy atom. The summed E-state index contributed by atoms with van der Waals surface area (Å²) in [4.78, 5) is 12.5. The van der Waals surface area contributed by atoms with Crippen molar-refractivity contribution < 1.29 is 4.92 Å². The lowest BCUT2D eigenvalue weighted by molar-refractivity contribution is -0.384. The second-order valence-corrected chi connectivity index (χ2v) is 4.75. The van der Waals surface area contributed by atoms with Gasteiger partial charge >= 0.3 is 0 Å². The minimum absolute atomic E-state index is 0.144. The van der Waals surface area contributed by atoms with Crippen LogP contribution in [0.4, 0.5) is 11.4 Å². The maximum absolute atomic E-state index is 10.7. The summed E-state index contributed by atoms with van der Waals surface area (Å²) in [6.45, 7) is 3.77. The van der Waals surface area contributed by atoms with E-state index in [-0.39, 0.29) is 10.6 Å². The zero-order valence-electron chi connectivity index (χ0n) is 11.3. The van der Waals surface area contributed by atoms with Crippen LogP contribution in [0.5, 0.6) is 0 Å². The third-order valence-electron chi connectivity index (χ3n) is 2.63. The molecule has 0 aliphatic heterocycles. The predicted molar refractivity (Wildman–Crippen MR) is 74.1 cm³/mol. The fourth-order valence-electron chi connectivity index (χ4n) is 1.76. The molecule has 0 fully saturated rings. The Kier molecular flexibility index (Phi) is 5.58. The minimum atomic E-state index is -0.357. The largest absolute Gasteiger partial charge is 0.385 e. The molecule has 18 heavy (non-hydrogen) atoms. The van der Waals surface area contributed by atoms with Crippen LogP contribution in [0.15, 0.2) is 18.2 Å². The topological polar surface area (TPSA) is 58.4 Å². The van der Waals surface area contributed by atoms with Gasteiger partial charge in [0, 0.05) is 24.4 Å². The van der Waals surface area contributed by atoms with Gasteiger partial charge in [-0.05, 0) is 52.0 Å². The Bertz CT molecular complexity index is 405. The third kappa shape index (κ3) is 5.14. The van der Waals surface area contributed by atoms with Gasteiger partial charge in [0.05, 0.1) is 4.92 Å². The molecule has 0 unspecified atom stereocenters. The molecule has 1 aromatic carbocycles. The molecule has 0 bridgehead atoms. The van der Waals surface area contributed by atoms with Gasteiger partial charge in [0.25, 0.3) is 5.69 Å². The van der Waals surface area contributed by atoms with Gasteiger partial charge in [0.15, 0.2) is 0 Å². The molecule has 1 aromatic rings. The highest BCUT2D eigenvalue weighted by Gasteiger charge is 2.07. The number of aryl methyl sites for hydroxylation is 1. The molecule has 5 nitrogen and oxygen atoms in total. The number of non-ortho nitro benzene ring substituents is 1. The first kappa shape index (κ1) is 14.4. The van der Waals surface area contributed by atoms with Gasteiger partial charge in [0.2, 0.25) is 0 Å². The number of nitrogens with zero attached hydrogens (tertiary/aromatic N) is 2. The van der Waals surface area contributed by atoms with Crippen LogP contribution in [-0.2, 0) is 0 Å². The number of hydrogen-bond donors (Lipinski definition) is 1. The molecule has 5 heteroatoms. The molecule has 0 atom stereocenters. The standard InChI is InChI=1S/C13H21N3O2/c1-11-8-12(10-13(9-11)16(17)18)14-6-4-5-7-15(2)3/h8-10,14H,4-7H2,1-3H3. The van der Waals surface area contributed by atoms with E-state index in [4.69, 9.17) is 0 Å². The number of nitro benzene ring substituents is 1. The first-order valence-corrected chi connectivity index (χ1v) is 6.14. The Morgan fingerprint density at radius 1 is 1.28 bits per heavy atom. The molecule has 100 valence electrons. The molecule has 0 saturated carbocycles. The summed E-state index contributed by atoms with van der Waals surface area (Å²) in [6.07, 6.45) is 2.17. The van der Waals surface area contributed by atoms with E-state index in [2.05, 4.69) is 24.3 Å². The maximum Gasteiger partial charge on any atom is 0.271 e. The molecular weight excluding hydrogens is 230 g/mol. The van der Waals surface area contributed by atoms with E-state index < -0.39 is 0 Å². The minimum Gasteiger partial charge on any atom is -0.385 e. The van der Waals surface area contributed by atoms with Crippen LogP contribution in [0.3, 0.4) is 0 Å². The van der Waals surface area contributed by atoms with E-state index in [0.29, 0.717) is 0 Å². The van der Waals surface area contributed by atoms with Gasteiger partial charge in [-0.1, -0.05) is 0 Å². The number of benzene rings is 1. The van der Waals surface area contributed by atoms with E-state index in [1.807, 2.05) is 13.0 Å². The molecule has 0 amide bonds. The summed E-state index contributed by atoms with van der Waals surface area (Å²) >= 11 is 0. The van der Waals surface area contributed by atoms with Crippen molar-refractivity contribution in [3.8, 4) is 0 Å². The van der Waals surface area contributed by atoms with Crippen LogP contribution >= 0.6 is 0 Å². The molecule has 0 aromatic heterocycles. The SMILES string of the molecule is Cc1cc(NCCCCN(C)C)cc([N+](=O)[O-])c1. The van der Waals surface area contributed by atoms with E-state index in [9.17, 15) is 10.1 Å². The van der Waals surface area contributed by atoms with Gasteiger partial charge in [-0.15, -0.1) is 0 Å². The van der Waals surface area contributed by atoms with Crippen LogP contribution < -0.4 is 5.32 Å². The van der Waals surface area contributed by atoms with Gasteiger partial charge in [-0.2, -0.15) is 0 Å². The molecule has 1 N–H and O–H groups in total. The van der Waals surface area contributed by atoms with Gasteiger partial charge < -0.3 is 10.2 Å². The number of hydrogen-bond acceptors (Lipinski definition) is 4. The number of unbranched alkanes of at least 4 members (excludes halogenated alkanes) is 1. The second-order valence-electron chi connectivity index (χ2n) is 4.75. The van der Waals surface area contributed by atoms with E-state index in [1.165, 1.54) is 0 Å². The number of nitro groups is 1. The zero-order valence-corrected chi connectivity index (χ0v) is 11.3. The lowest BCUT2D eigenvalue weighted by Crippen LogP contribution is -2.14. The third-order valence-corrected chi connectivity index (χ3v) is 2.63. The Morgan fingerprint density at radius 3 is 2.61 bits per heavy atom. The molecule has 0 aliphatic carbocycles. The number of anilines is 1. The van der Waals surface area contributed by atoms with Crippen LogP contribution in [-0.4, -0.2) is 37.0 Å². The van der Waals surface area contributed by atoms with Crippen molar-refractivity contribution >= 4 is 11.4 Å². The van der Waals surface area contributed by atoms with Gasteiger partial charge in [-0.3, -0.25) is 10.1 Å². The monoisotopic (exact) mass is 251 g/mol. The van der Waals surface area contributed by atoms with Crippen molar-refractivity contribution in [2.24, 2.45) is 0 Å². The molecule has 0 radical (unpaired) electrons. The second kappa shape index (κ2) is 6.96. The summed E-state index contributed by atoms with van der Waals surface area (Å²) in [5.74, 6) is 0. The lowest BCUT2D eigenvalue weighted by Gasteiger charge is -2.10. The number of rotatable bonds is 7. The Balaban J connectivity index is 2.44. The highest BCUT2D eigenvalue weighted by atomic mass is 16.6. The summed E-state index contributed by atoms with van der Waals surface area (Å²) in [7, 11) is 4.11. The molecule has 0 aliphatic rings. The average molecular weight is 251 g/mol. The summed E-state index contributed by atoms with van der Waals surface area (Å²) in [5.41, 5.74) is 1.87. The summed E-state index contributed by atoms with van der Waals surface area (Å²) in [5, 5.41) is 14.0. The lowest BCUT2D eigenvalue weighted by atomic mass is 10.2. The Hall–Kier alpha value is -1.62. The van der Waals surface area contributed by atoms with Gasteiger partial charge in [-0.25, -0.2) is 0 Å².